The van der Waals surface area contributed by atoms with Crippen LogP contribution in [0.15, 0.2) is 18.2 Å². The molecule has 0 bridgehead atoms. The number of rotatable bonds is 1. The van der Waals surface area contributed by atoms with Gasteiger partial charge in [0.05, 0.1) is 5.02 Å². The average Bonchev–Trinajstić information content (AvgIpc) is 2.00. The molecule has 83 valence electrons. The van der Waals surface area contributed by atoms with Gasteiger partial charge in [-0.2, -0.15) is 22.0 Å². The fourth-order valence-electron chi connectivity index (χ4n) is 0.966. The minimum Gasteiger partial charge on any atom is -0.191 e. The monoisotopic (exact) mass is 243 g/mol. The quantitative estimate of drug-likeness (QED) is 0.649. The zero-order valence-electron chi connectivity index (χ0n) is 7.21. The van der Waals surface area contributed by atoms with E-state index in [0.29, 0.717) is 6.07 Å². The summed E-state index contributed by atoms with van der Waals surface area (Å²) in [6.45, 7) is 3.36. The van der Waals surface area contributed by atoms with Crippen LogP contribution in [-0.2, 0) is 5.92 Å². The van der Waals surface area contributed by atoms with Gasteiger partial charge >= 0.3 is 12.1 Å². The highest BCUT2D eigenvalue weighted by atomic mass is 35.5. The van der Waals surface area contributed by atoms with E-state index >= 15 is 0 Å². The fourth-order valence-corrected chi connectivity index (χ4v) is 1.29. The Morgan fingerprint density at radius 1 is 1.07 bits per heavy atom. The number of alkyl halides is 5. The van der Waals surface area contributed by atoms with Gasteiger partial charge in [-0.1, -0.05) is 23.7 Å². The van der Waals surface area contributed by atoms with E-state index in [1.54, 1.807) is 0 Å². The molecule has 0 fully saturated rings. The molecule has 0 amide bonds. The first-order chi connectivity index (χ1) is 6.66. The first-order valence-electron chi connectivity index (χ1n) is 3.73. The van der Waals surface area contributed by atoms with Crippen molar-refractivity contribution in [1.29, 1.82) is 0 Å². The van der Waals surface area contributed by atoms with Crippen molar-refractivity contribution in [3.05, 3.63) is 41.3 Å². The SMILES string of the molecule is [CH2]c1ccc(C(F)(F)C(F)(F)F)c(Cl)c1. The Labute approximate surface area is 87.7 Å². The number of hydrogen-bond acceptors (Lipinski definition) is 0. The first kappa shape index (κ1) is 12.2. The zero-order chi connectivity index (χ0) is 11.9. The molecule has 0 atom stereocenters. The van der Waals surface area contributed by atoms with Gasteiger partial charge in [0.1, 0.15) is 0 Å². The van der Waals surface area contributed by atoms with Crippen LogP contribution in [0.4, 0.5) is 22.0 Å². The summed E-state index contributed by atoms with van der Waals surface area (Å²) >= 11 is 5.30. The smallest absolute Gasteiger partial charge is 0.191 e. The van der Waals surface area contributed by atoms with Gasteiger partial charge in [0, 0.05) is 5.56 Å². The summed E-state index contributed by atoms with van der Waals surface area (Å²) in [5, 5.41) is -0.648. The predicted octanol–water partition coefficient (Wildman–Crippen LogP) is 4.18. The van der Waals surface area contributed by atoms with Crippen LogP contribution in [0.25, 0.3) is 0 Å². The van der Waals surface area contributed by atoms with Crippen molar-refractivity contribution in [1.82, 2.24) is 0 Å². The average molecular weight is 244 g/mol. The minimum atomic E-state index is -5.65. The molecule has 1 aromatic carbocycles. The van der Waals surface area contributed by atoms with Gasteiger partial charge in [0.2, 0.25) is 0 Å². The standard InChI is InChI=1S/C9H5ClF5/c1-5-2-3-6(7(10)4-5)8(11,12)9(13,14)15/h2-4H,1H2. The lowest BCUT2D eigenvalue weighted by molar-refractivity contribution is -0.289. The molecule has 0 aliphatic carbocycles. The summed E-state index contributed by atoms with van der Waals surface area (Å²) in [5.41, 5.74) is -0.995. The van der Waals surface area contributed by atoms with Crippen LogP contribution in [0.2, 0.25) is 5.02 Å². The molecule has 0 unspecified atom stereocenters. The van der Waals surface area contributed by atoms with Crippen LogP contribution < -0.4 is 0 Å². The van der Waals surface area contributed by atoms with Crippen molar-refractivity contribution in [3.63, 3.8) is 0 Å². The molecule has 0 saturated heterocycles. The van der Waals surface area contributed by atoms with Crippen molar-refractivity contribution in [2.75, 3.05) is 0 Å². The Kier molecular flexibility index (Phi) is 2.96. The largest absolute Gasteiger partial charge is 0.458 e. The molecular formula is C9H5ClF5. The summed E-state index contributed by atoms with van der Waals surface area (Å²) in [6, 6.07) is 2.62. The van der Waals surface area contributed by atoms with Gasteiger partial charge in [-0.3, -0.25) is 0 Å². The van der Waals surface area contributed by atoms with Gasteiger partial charge in [-0.15, -0.1) is 0 Å². The highest BCUT2D eigenvalue weighted by Crippen LogP contribution is 2.46. The number of benzene rings is 1. The molecule has 6 heteroatoms. The van der Waals surface area contributed by atoms with E-state index in [1.165, 1.54) is 0 Å². The van der Waals surface area contributed by atoms with Gasteiger partial charge in [0.15, 0.2) is 0 Å². The second-order valence-corrected chi connectivity index (χ2v) is 3.29. The maximum Gasteiger partial charge on any atom is 0.458 e. The molecular weight excluding hydrogens is 239 g/mol. The highest BCUT2D eigenvalue weighted by molar-refractivity contribution is 6.31. The minimum absolute atomic E-state index is 0.265. The number of halogens is 6. The molecule has 0 saturated carbocycles. The third-order valence-corrected chi connectivity index (χ3v) is 2.04. The van der Waals surface area contributed by atoms with E-state index in [9.17, 15) is 22.0 Å². The van der Waals surface area contributed by atoms with E-state index in [0.717, 1.165) is 12.1 Å². The van der Waals surface area contributed by atoms with Gasteiger partial charge in [-0.25, -0.2) is 0 Å². The predicted molar refractivity (Wildman–Crippen MR) is 45.9 cm³/mol. The summed E-state index contributed by atoms with van der Waals surface area (Å²) in [4.78, 5) is 0. The van der Waals surface area contributed by atoms with Crippen LogP contribution in [0.5, 0.6) is 0 Å². The Hall–Kier alpha value is -0.840. The maximum atomic E-state index is 12.8. The summed E-state index contributed by atoms with van der Waals surface area (Å²) in [6.07, 6.45) is -5.65. The van der Waals surface area contributed by atoms with Crippen molar-refractivity contribution in [2.24, 2.45) is 0 Å². The Morgan fingerprint density at radius 2 is 1.60 bits per heavy atom. The van der Waals surface area contributed by atoms with Crippen molar-refractivity contribution in [2.45, 2.75) is 12.1 Å². The molecule has 1 rings (SSSR count). The van der Waals surface area contributed by atoms with E-state index in [-0.39, 0.29) is 5.56 Å². The van der Waals surface area contributed by atoms with Crippen molar-refractivity contribution >= 4 is 11.6 Å². The van der Waals surface area contributed by atoms with E-state index in [1.807, 2.05) is 0 Å². The molecule has 15 heavy (non-hydrogen) atoms. The molecule has 1 aromatic rings. The summed E-state index contributed by atoms with van der Waals surface area (Å²) in [5.74, 6) is -4.95. The molecule has 0 heterocycles. The van der Waals surface area contributed by atoms with Crippen molar-refractivity contribution in [3.8, 4) is 0 Å². The Balaban J connectivity index is 3.28. The van der Waals surface area contributed by atoms with Gasteiger partial charge in [-0.05, 0) is 18.6 Å². The molecule has 0 N–H and O–H groups in total. The molecule has 0 aliphatic rings. The zero-order valence-corrected chi connectivity index (χ0v) is 7.96. The third kappa shape index (κ3) is 2.22. The first-order valence-corrected chi connectivity index (χ1v) is 4.10. The highest BCUT2D eigenvalue weighted by Gasteiger charge is 2.59. The molecule has 1 radical (unpaired) electrons. The van der Waals surface area contributed by atoms with Crippen molar-refractivity contribution < 1.29 is 22.0 Å². The van der Waals surface area contributed by atoms with Gasteiger partial charge in [0.25, 0.3) is 0 Å². The molecule has 0 aromatic heterocycles. The Bertz CT molecular complexity index is 369. The van der Waals surface area contributed by atoms with Crippen LogP contribution in [-0.4, -0.2) is 6.18 Å². The topological polar surface area (TPSA) is 0 Å². The van der Waals surface area contributed by atoms with Crippen LogP contribution >= 0.6 is 11.6 Å². The second-order valence-electron chi connectivity index (χ2n) is 2.89. The van der Waals surface area contributed by atoms with Crippen LogP contribution in [0.1, 0.15) is 11.1 Å². The normalized spacial score (nSPS) is 13.0. The Morgan fingerprint density at radius 3 is 2.00 bits per heavy atom. The summed E-state index contributed by atoms with van der Waals surface area (Å²) in [7, 11) is 0. The molecule has 0 spiro atoms. The third-order valence-electron chi connectivity index (χ3n) is 1.73. The maximum absolute atomic E-state index is 12.8. The number of hydrogen-bond donors (Lipinski definition) is 0. The van der Waals surface area contributed by atoms with Crippen LogP contribution in [0, 0.1) is 6.92 Å². The molecule has 0 aliphatic heterocycles. The fraction of sp³-hybridized carbons (Fsp3) is 0.222. The second kappa shape index (κ2) is 3.63. The summed E-state index contributed by atoms with van der Waals surface area (Å²) < 4.78 is 61.6. The molecule has 0 nitrogen and oxygen atoms in total. The van der Waals surface area contributed by atoms with Gasteiger partial charge < -0.3 is 0 Å². The van der Waals surface area contributed by atoms with E-state index < -0.39 is 22.7 Å². The van der Waals surface area contributed by atoms with E-state index in [4.69, 9.17) is 11.6 Å². The van der Waals surface area contributed by atoms with E-state index in [2.05, 4.69) is 6.92 Å². The lowest BCUT2D eigenvalue weighted by atomic mass is 10.1. The lowest BCUT2D eigenvalue weighted by Crippen LogP contribution is -2.33. The van der Waals surface area contributed by atoms with Crippen LogP contribution in [0.3, 0.4) is 0 Å². The lowest BCUT2D eigenvalue weighted by Gasteiger charge is -2.20.